The first-order valence-electron chi connectivity index (χ1n) is 7.55. The highest BCUT2D eigenvalue weighted by atomic mass is 32.2. The zero-order valence-corrected chi connectivity index (χ0v) is 15.7. The molecule has 0 aliphatic heterocycles. The molecule has 138 valence electrons. The fourth-order valence-corrected chi connectivity index (χ4v) is 2.96. The summed E-state index contributed by atoms with van der Waals surface area (Å²) in [5.41, 5.74) is 0.928. The van der Waals surface area contributed by atoms with E-state index >= 15 is 0 Å². The second kappa shape index (κ2) is 9.62. The summed E-state index contributed by atoms with van der Waals surface area (Å²) in [4.78, 5) is -0.178. The quantitative estimate of drug-likeness (QED) is 0.425. The molecule has 9 heteroatoms. The Hall–Kier alpha value is -1.81. The minimum atomic E-state index is -4.27. The van der Waals surface area contributed by atoms with Gasteiger partial charge in [0.25, 0.3) is 0 Å². The smallest absolute Gasteiger partial charge is 0.513 e. The van der Waals surface area contributed by atoms with E-state index in [1.165, 1.54) is 24.5 Å². The minimum Gasteiger partial charge on any atom is -0.744 e. The lowest BCUT2D eigenvalue weighted by atomic mass is 10.2. The number of benzene rings is 1. The molecule has 2 rings (SSSR count). The van der Waals surface area contributed by atoms with E-state index in [2.05, 4.69) is 0 Å². The second-order valence-electron chi connectivity index (χ2n) is 5.11. The fraction of sp³-hybridized carbons (Fsp3) is 0.312. The minimum absolute atomic E-state index is 0.178. The normalized spacial score (nSPS) is 11.5. The van der Waals surface area contributed by atoms with Gasteiger partial charge in [-0.05, 0) is 25.5 Å². The SMILES string of the molecule is CCCCOS(=O)(=O)[n+]1ccccc1.Cc1ccc(S(=O)(=O)[O-])cc1. The molecular weight excluding hydrogens is 366 g/mol. The van der Waals surface area contributed by atoms with Gasteiger partial charge in [-0.25, -0.2) is 12.6 Å². The van der Waals surface area contributed by atoms with E-state index in [1.807, 2.05) is 13.8 Å². The van der Waals surface area contributed by atoms with Gasteiger partial charge in [0, 0.05) is 12.1 Å². The fourth-order valence-electron chi connectivity index (χ4n) is 1.61. The molecule has 0 aliphatic rings. The number of rotatable bonds is 6. The molecule has 1 aromatic heterocycles. The molecule has 0 bridgehead atoms. The van der Waals surface area contributed by atoms with E-state index in [1.54, 1.807) is 30.3 Å². The van der Waals surface area contributed by atoms with Crippen molar-refractivity contribution in [3.8, 4) is 0 Å². The second-order valence-corrected chi connectivity index (χ2v) is 8.00. The first-order valence-corrected chi connectivity index (χ1v) is 10.3. The average Bonchev–Trinajstić information content (AvgIpc) is 2.56. The predicted octanol–water partition coefficient (Wildman–Crippen LogP) is 1.78. The summed E-state index contributed by atoms with van der Waals surface area (Å²) in [6.45, 7) is 4.04. The van der Waals surface area contributed by atoms with Crippen LogP contribution in [-0.2, 0) is 24.6 Å². The molecule has 0 saturated carbocycles. The lowest BCUT2D eigenvalue weighted by Crippen LogP contribution is -2.43. The van der Waals surface area contributed by atoms with Crippen LogP contribution in [0, 0.1) is 6.92 Å². The van der Waals surface area contributed by atoms with Crippen LogP contribution in [0.2, 0.25) is 0 Å². The summed E-state index contributed by atoms with van der Waals surface area (Å²) >= 11 is 0. The number of aromatic nitrogens is 1. The maximum atomic E-state index is 11.4. The Morgan fingerprint density at radius 2 is 1.56 bits per heavy atom. The Bertz CT molecular complexity index is 847. The Balaban J connectivity index is 0.000000257. The van der Waals surface area contributed by atoms with Crippen molar-refractivity contribution in [2.75, 3.05) is 6.61 Å². The molecule has 0 fully saturated rings. The van der Waals surface area contributed by atoms with Crippen molar-refractivity contribution in [1.29, 1.82) is 0 Å². The van der Waals surface area contributed by atoms with E-state index in [0.29, 0.717) is 0 Å². The van der Waals surface area contributed by atoms with Crippen LogP contribution < -0.4 is 3.97 Å². The molecule has 0 saturated heterocycles. The van der Waals surface area contributed by atoms with Crippen LogP contribution in [0.5, 0.6) is 0 Å². The first kappa shape index (κ1) is 21.2. The summed E-state index contributed by atoms with van der Waals surface area (Å²) in [6.07, 6.45) is 4.55. The monoisotopic (exact) mass is 387 g/mol. The van der Waals surface area contributed by atoms with Crippen LogP contribution >= 0.6 is 0 Å². The van der Waals surface area contributed by atoms with E-state index in [-0.39, 0.29) is 11.5 Å². The van der Waals surface area contributed by atoms with Crippen molar-refractivity contribution < 1.29 is 29.5 Å². The Labute approximate surface area is 148 Å². The number of hydrogen-bond donors (Lipinski definition) is 0. The Kier molecular flexibility index (Phi) is 8.17. The number of hydrogen-bond acceptors (Lipinski definition) is 6. The van der Waals surface area contributed by atoms with Gasteiger partial charge < -0.3 is 4.55 Å². The summed E-state index contributed by atoms with van der Waals surface area (Å²) in [7, 11) is -7.89. The van der Waals surface area contributed by atoms with Crippen LogP contribution in [0.1, 0.15) is 25.3 Å². The lowest BCUT2D eigenvalue weighted by Gasteiger charge is -2.05. The lowest BCUT2D eigenvalue weighted by molar-refractivity contribution is -0.520. The molecule has 0 spiro atoms. The molecule has 2 aromatic rings. The van der Waals surface area contributed by atoms with E-state index < -0.39 is 20.4 Å². The van der Waals surface area contributed by atoms with E-state index in [0.717, 1.165) is 22.4 Å². The van der Waals surface area contributed by atoms with E-state index in [9.17, 15) is 21.4 Å². The van der Waals surface area contributed by atoms with Crippen LogP contribution in [0.15, 0.2) is 59.8 Å². The highest BCUT2D eigenvalue weighted by molar-refractivity contribution is 7.85. The molecule has 1 heterocycles. The van der Waals surface area contributed by atoms with Crippen molar-refractivity contribution in [3.63, 3.8) is 0 Å². The van der Waals surface area contributed by atoms with Crippen molar-refractivity contribution in [2.24, 2.45) is 0 Å². The van der Waals surface area contributed by atoms with Gasteiger partial charge in [-0.3, -0.25) is 0 Å². The molecule has 0 N–H and O–H groups in total. The third kappa shape index (κ3) is 7.74. The average molecular weight is 387 g/mol. The maximum Gasteiger partial charge on any atom is 0.513 e. The van der Waals surface area contributed by atoms with Crippen molar-refractivity contribution in [1.82, 2.24) is 0 Å². The third-order valence-electron chi connectivity index (χ3n) is 2.99. The summed E-state index contributed by atoms with van der Waals surface area (Å²) < 4.78 is 59.9. The van der Waals surface area contributed by atoms with Gasteiger partial charge in [-0.15, -0.1) is 8.42 Å². The molecule has 0 aliphatic carbocycles. The molecule has 0 unspecified atom stereocenters. The molecule has 1 aromatic carbocycles. The molecule has 0 radical (unpaired) electrons. The molecule has 0 atom stereocenters. The first-order chi connectivity index (χ1) is 11.7. The van der Waals surface area contributed by atoms with Gasteiger partial charge in [0.1, 0.15) is 10.1 Å². The van der Waals surface area contributed by atoms with Gasteiger partial charge in [-0.1, -0.05) is 41.1 Å². The Morgan fingerprint density at radius 3 is 2.04 bits per heavy atom. The molecular formula is C16H21NO6S2. The standard InChI is InChI=1S/C9H14NO3S.C7H8O3S/c1-2-3-9-13-14(11,12)10-7-5-4-6-8-10;1-6-2-4-7(5-3-6)11(8,9)10/h4-8H,2-3,9H2,1H3;2-5H,1H3,(H,8,9,10)/q+1;/p-1. The Morgan fingerprint density at radius 1 is 1.00 bits per heavy atom. The van der Waals surface area contributed by atoms with Gasteiger partial charge in [-0.2, -0.15) is 0 Å². The molecule has 7 nitrogen and oxygen atoms in total. The van der Waals surface area contributed by atoms with Crippen LogP contribution in [0.4, 0.5) is 0 Å². The third-order valence-corrected chi connectivity index (χ3v) is 5.06. The van der Waals surface area contributed by atoms with Crippen LogP contribution in [0.3, 0.4) is 0 Å². The zero-order valence-electron chi connectivity index (χ0n) is 14.0. The van der Waals surface area contributed by atoms with Crippen LogP contribution in [-0.4, -0.2) is 28.0 Å². The zero-order chi connectivity index (χ0) is 18.9. The summed E-state index contributed by atoms with van der Waals surface area (Å²) in [5.74, 6) is 0. The summed E-state index contributed by atoms with van der Waals surface area (Å²) in [6, 6.07) is 10.8. The van der Waals surface area contributed by atoms with Crippen molar-refractivity contribution in [3.05, 3.63) is 60.4 Å². The van der Waals surface area contributed by atoms with Crippen molar-refractivity contribution in [2.45, 2.75) is 31.6 Å². The highest BCUT2D eigenvalue weighted by Crippen LogP contribution is 2.08. The largest absolute Gasteiger partial charge is 0.744 e. The topological polar surface area (TPSA) is 104 Å². The number of unbranched alkanes of at least 4 members (excludes halogenated alkanes) is 1. The van der Waals surface area contributed by atoms with Gasteiger partial charge in [0.05, 0.1) is 11.5 Å². The maximum absolute atomic E-state index is 11.4. The van der Waals surface area contributed by atoms with Crippen LogP contribution in [0.25, 0.3) is 0 Å². The van der Waals surface area contributed by atoms with Gasteiger partial charge in [0.2, 0.25) is 0 Å². The number of nitrogens with zero attached hydrogens (tertiary/aromatic N) is 1. The summed E-state index contributed by atoms with van der Waals surface area (Å²) in [5, 5.41) is 0. The highest BCUT2D eigenvalue weighted by Gasteiger charge is 2.21. The predicted molar refractivity (Wildman–Crippen MR) is 91.0 cm³/mol. The molecule has 25 heavy (non-hydrogen) atoms. The molecule has 0 amide bonds. The van der Waals surface area contributed by atoms with E-state index in [4.69, 9.17) is 4.18 Å². The number of pyridine rings is 1. The van der Waals surface area contributed by atoms with Crippen molar-refractivity contribution >= 4 is 20.4 Å². The van der Waals surface area contributed by atoms with Gasteiger partial charge >= 0.3 is 10.3 Å². The number of aryl methyl sites for hydroxylation is 1. The van der Waals surface area contributed by atoms with Gasteiger partial charge in [0.15, 0.2) is 12.4 Å².